The first-order valence-corrected chi connectivity index (χ1v) is 2.96. The summed E-state index contributed by atoms with van der Waals surface area (Å²) in [5.74, 6) is 0.816. The highest BCUT2D eigenvalue weighted by molar-refractivity contribution is 6.17. The molecular weight excluding hydrogens is 112 g/mol. The molecule has 0 heterocycles. The van der Waals surface area contributed by atoms with E-state index in [2.05, 4.69) is 6.92 Å². The van der Waals surface area contributed by atoms with Gasteiger partial charge in [0.1, 0.15) is 0 Å². The minimum absolute atomic E-state index is 0.816. The number of hydrogen-bond donors (Lipinski definition) is 1. The van der Waals surface area contributed by atoms with Gasteiger partial charge >= 0.3 is 0 Å². The summed E-state index contributed by atoms with van der Waals surface area (Å²) in [7, 11) is 1.00. The largest absolute Gasteiger partial charge is 0.400 e. The topological polar surface area (TPSA) is 20.2 Å². The molecule has 0 bridgehead atoms. The highest BCUT2D eigenvalue weighted by Crippen LogP contribution is 1.86. The van der Waals surface area contributed by atoms with E-state index < -0.39 is 0 Å². The van der Waals surface area contributed by atoms with E-state index in [1.807, 2.05) is 0 Å². The first kappa shape index (κ1) is 10.3. The molecule has 0 saturated heterocycles. The molecule has 0 saturated carbocycles. The van der Waals surface area contributed by atoms with Crippen molar-refractivity contribution in [3.63, 3.8) is 0 Å². The minimum Gasteiger partial charge on any atom is -0.400 e. The summed E-state index contributed by atoms with van der Waals surface area (Å²) >= 11 is 5.30. The van der Waals surface area contributed by atoms with Gasteiger partial charge in [0.2, 0.25) is 0 Å². The van der Waals surface area contributed by atoms with Gasteiger partial charge < -0.3 is 5.11 Å². The van der Waals surface area contributed by atoms with Crippen molar-refractivity contribution in [2.45, 2.75) is 19.8 Å². The normalized spacial score (nSPS) is 6.86. The second-order valence-corrected chi connectivity index (χ2v) is 1.42. The van der Waals surface area contributed by atoms with Crippen LogP contribution in [0.2, 0.25) is 0 Å². The highest BCUT2D eigenvalue weighted by Gasteiger charge is 1.70. The van der Waals surface area contributed by atoms with Crippen molar-refractivity contribution in [3.8, 4) is 0 Å². The number of hydrogen-bond acceptors (Lipinski definition) is 1. The lowest BCUT2D eigenvalue weighted by Crippen LogP contribution is -1.65. The smallest absolute Gasteiger partial charge is 0.0319 e. The number of aliphatic hydroxyl groups excluding tert-OH is 1. The third kappa shape index (κ3) is 22.3. The molecule has 0 radical (unpaired) electrons. The quantitative estimate of drug-likeness (QED) is 0.555. The molecule has 0 amide bonds. The average molecular weight is 125 g/mol. The van der Waals surface area contributed by atoms with Gasteiger partial charge in [-0.3, -0.25) is 0 Å². The monoisotopic (exact) mass is 124 g/mol. The second kappa shape index (κ2) is 16.3. The summed E-state index contributed by atoms with van der Waals surface area (Å²) in [6.07, 6.45) is 2.37. The summed E-state index contributed by atoms with van der Waals surface area (Å²) < 4.78 is 0. The molecule has 0 atom stereocenters. The van der Waals surface area contributed by atoms with Crippen molar-refractivity contribution in [3.05, 3.63) is 0 Å². The molecule has 0 spiro atoms. The predicted octanol–water partition coefficient (Wildman–Crippen LogP) is 1.63. The van der Waals surface area contributed by atoms with Gasteiger partial charge in [-0.1, -0.05) is 13.3 Å². The van der Waals surface area contributed by atoms with E-state index >= 15 is 0 Å². The van der Waals surface area contributed by atoms with Gasteiger partial charge in [-0.15, -0.1) is 11.6 Å². The summed E-state index contributed by atoms with van der Waals surface area (Å²) in [6.45, 7) is 2.13. The first-order valence-electron chi connectivity index (χ1n) is 2.42. The molecular formula is C5H13ClO. The fraction of sp³-hybridized carbons (Fsp3) is 1.00. The van der Waals surface area contributed by atoms with Crippen LogP contribution in [-0.4, -0.2) is 18.1 Å². The lowest BCUT2D eigenvalue weighted by atomic mass is 10.4. The molecule has 0 aromatic heterocycles. The van der Waals surface area contributed by atoms with Crippen LogP contribution in [0.1, 0.15) is 19.8 Å². The summed E-state index contributed by atoms with van der Waals surface area (Å²) in [6, 6.07) is 0. The van der Waals surface area contributed by atoms with Gasteiger partial charge in [0, 0.05) is 13.0 Å². The van der Waals surface area contributed by atoms with Crippen LogP contribution >= 0.6 is 11.6 Å². The number of unbranched alkanes of at least 4 members (excludes halogenated alkanes) is 1. The Labute approximate surface area is 50.3 Å². The van der Waals surface area contributed by atoms with Crippen molar-refractivity contribution >= 4 is 11.6 Å². The number of aliphatic hydroxyl groups is 1. The molecule has 0 aliphatic heterocycles. The van der Waals surface area contributed by atoms with E-state index in [9.17, 15) is 0 Å². The Kier molecular flexibility index (Phi) is 23.9. The Morgan fingerprint density at radius 1 is 1.43 bits per heavy atom. The van der Waals surface area contributed by atoms with Gasteiger partial charge in [-0.25, -0.2) is 0 Å². The Bertz CT molecular complexity index is 15.6. The van der Waals surface area contributed by atoms with E-state index in [4.69, 9.17) is 16.7 Å². The van der Waals surface area contributed by atoms with Crippen LogP contribution in [-0.2, 0) is 0 Å². The van der Waals surface area contributed by atoms with Crippen molar-refractivity contribution in [2.75, 3.05) is 13.0 Å². The SMILES string of the molecule is CCCCCl.CO. The zero-order valence-corrected chi connectivity index (χ0v) is 5.70. The van der Waals surface area contributed by atoms with Gasteiger partial charge in [0.15, 0.2) is 0 Å². The number of rotatable bonds is 2. The molecule has 0 aliphatic rings. The lowest BCUT2D eigenvalue weighted by Gasteiger charge is -1.77. The lowest BCUT2D eigenvalue weighted by molar-refractivity contribution is 0.399. The van der Waals surface area contributed by atoms with Crippen molar-refractivity contribution < 1.29 is 5.11 Å². The fourth-order valence-electron chi connectivity index (χ4n) is 0.134. The Hall–Kier alpha value is 0.250. The van der Waals surface area contributed by atoms with Crippen molar-refractivity contribution in [2.24, 2.45) is 0 Å². The molecule has 0 aromatic carbocycles. The Balaban J connectivity index is 0. The van der Waals surface area contributed by atoms with E-state index in [-0.39, 0.29) is 0 Å². The Morgan fingerprint density at radius 3 is 1.86 bits per heavy atom. The van der Waals surface area contributed by atoms with Crippen molar-refractivity contribution in [1.29, 1.82) is 0 Å². The van der Waals surface area contributed by atoms with E-state index in [1.165, 1.54) is 6.42 Å². The van der Waals surface area contributed by atoms with Gasteiger partial charge in [0.05, 0.1) is 0 Å². The maximum Gasteiger partial charge on any atom is 0.0319 e. The zero-order valence-electron chi connectivity index (χ0n) is 4.95. The predicted molar refractivity (Wildman–Crippen MR) is 33.8 cm³/mol. The molecule has 1 N–H and O–H groups in total. The van der Waals surface area contributed by atoms with Gasteiger partial charge in [-0.05, 0) is 6.42 Å². The minimum atomic E-state index is 0.816. The van der Waals surface area contributed by atoms with E-state index in [0.29, 0.717) is 0 Å². The summed E-state index contributed by atoms with van der Waals surface area (Å²) in [4.78, 5) is 0. The van der Waals surface area contributed by atoms with Crippen LogP contribution in [0.15, 0.2) is 0 Å². The standard InChI is InChI=1S/C4H9Cl.CH4O/c1-2-3-4-5;1-2/h2-4H2,1H3;2H,1H3. The average Bonchev–Trinajstić information content (AvgIpc) is 1.75. The second-order valence-electron chi connectivity index (χ2n) is 1.04. The summed E-state index contributed by atoms with van der Waals surface area (Å²) in [5, 5.41) is 7.00. The number of halogens is 1. The van der Waals surface area contributed by atoms with Crippen molar-refractivity contribution in [1.82, 2.24) is 0 Å². The van der Waals surface area contributed by atoms with Crippen LogP contribution in [0.3, 0.4) is 0 Å². The Morgan fingerprint density at radius 2 is 1.86 bits per heavy atom. The van der Waals surface area contributed by atoms with Gasteiger partial charge in [0.25, 0.3) is 0 Å². The van der Waals surface area contributed by atoms with Crippen LogP contribution in [0, 0.1) is 0 Å². The van der Waals surface area contributed by atoms with Crippen LogP contribution in [0.4, 0.5) is 0 Å². The molecule has 7 heavy (non-hydrogen) atoms. The number of alkyl halides is 1. The molecule has 1 nitrogen and oxygen atoms in total. The molecule has 46 valence electrons. The molecule has 0 aromatic rings. The fourth-order valence-corrected chi connectivity index (χ4v) is 0.401. The van der Waals surface area contributed by atoms with Gasteiger partial charge in [-0.2, -0.15) is 0 Å². The molecule has 2 heteroatoms. The van der Waals surface area contributed by atoms with E-state index in [0.717, 1.165) is 19.4 Å². The van der Waals surface area contributed by atoms with Crippen LogP contribution in [0.25, 0.3) is 0 Å². The molecule has 0 aliphatic carbocycles. The first-order chi connectivity index (χ1) is 3.41. The van der Waals surface area contributed by atoms with E-state index in [1.54, 1.807) is 0 Å². The maximum absolute atomic E-state index is 7.00. The zero-order chi connectivity index (χ0) is 6.12. The highest BCUT2D eigenvalue weighted by atomic mass is 35.5. The van der Waals surface area contributed by atoms with Crippen LogP contribution < -0.4 is 0 Å². The molecule has 0 unspecified atom stereocenters. The molecule has 0 fully saturated rings. The third-order valence-electron chi connectivity index (χ3n) is 0.487. The summed E-state index contributed by atoms with van der Waals surface area (Å²) in [5.41, 5.74) is 0. The maximum atomic E-state index is 7.00. The molecule has 0 rings (SSSR count). The third-order valence-corrected chi connectivity index (χ3v) is 0.754. The van der Waals surface area contributed by atoms with Crippen LogP contribution in [0.5, 0.6) is 0 Å².